The summed E-state index contributed by atoms with van der Waals surface area (Å²) in [5.74, 6) is -1.09. The summed E-state index contributed by atoms with van der Waals surface area (Å²) in [7, 11) is -3.90. The van der Waals surface area contributed by atoms with Gasteiger partial charge in [-0.25, -0.2) is 0 Å². The molecule has 4 rings (SSSR count). The van der Waals surface area contributed by atoms with Crippen LogP contribution in [0.2, 0.25) is 0 Å². The van der Waals surface area contributed by atoms with E-state index in [1.165, 1.54) is 17.0 Å². The summed E-state index contributed by atoms with van der Waals surface area (Å²) in [4.78, 5) is 37.7. The molecule has 0 spiro atoms. The molecule has 1 saturated heterocycles. The number of carbonyl (C=O) groups excluding carboxylic acids is 3. The lowest BCUT2D eigenvalue weighted by Crippen LogP contribution is -2.52. The predicted octanol–water partition coefficient (Wildman–Crippen LogP) is 1.66. The van der Waals surface area contributed by atoms with E-state index in [9.17, 15) is 22.8 Å². The van der Waals surface area contributed by atoms with Gasteiger partial charge in [-0.2, -0.15) is 8.42 Å². The molecule has 3 amide bonds. The molecule has 0 radical (unpaired) electrons. The van der Waals surface area contributed by atoms with Gasteiger partial charge < -0.3 is 4.90 Å². The highest BCUT2D eigenvalue weighted by Gasteiger charge is 2.39. The van der Waals surface area contributed by atoms with Crippen LogP contribution in [-0.2, 0) is 37.0 Å². The van der Waals surface area contributed by atoms with Crippen molar-refractivity contribution in [3.05, 3.63) is 64.7 Å². The molecule has 30 heavy (non-hydrogen) atoms. The maximum atomic E-state index is 12.7. The number of rotatable bonds is 5. The number of imide groups is 1. The van der Waals surface area contributed by atoms with Gasteiger partial charge in [0.1, 0.15) is 6.04 Å². The van der Waals surface area contributed by atoms with Crippen LogP contribution in [-0.4, -0.2) is 37.1 Å². The monoisotopic (exact) mass is 428 g/mol. The number of amides is 3. The van der Waals surface area contributed by atoms with Crippen LogP contribution in [0.5, 0.6) is 0 Å². The summed E-state index contributed by atoms with van der Waals surface area (Å²) in [5, 5.41) is 2.26. The van der Waals surface area contributed by atoms with Gasteiger partial charge in [0, 0.05) is 18.5 Å². The second-order valence-electron chi connectivity index (χ2n) is 7.42. The fourth-order valence-electron chi connectivity index (χ4n) is 3.64. The number of nitrogens with one attached hydrogen (secondary N) is 1. The van der Waals surface area contributed by atoms with Gasteiger partial charge in [0.05, 0.1) is 11.5 Å². The molecule has 0 bridgehead atoms. The number of piperidine rings is 1. The first kappa shape index (κ1) is 20.2. The lowest BCUT2D eigenvalue weighted by atomic mass is 10.0. The number of hydrogen-bond acceptors (Lipinski definition) is 6. The minimum absolute atomic E-state index is 0.0773. The molecule has 1 unspecified atom stereocenters. The molecule has 2 heterocycles. The van der Waals surface area contributed by atoms with Crippen molar-refractivity contribution >= 4 is 27.8 Å². The maximum absolute atomic E-state index is 12.7. The van der Waals surface area contributed by atoms with Gasteiger partial charge in [0.2, 0.25) is 11.8 Å². The minimum Gasteiger partial charge on any atom is -0.322 e. The van der Waals surface area contributed by atoms with Gasteiger partial charge in [0.15, 0.2) is 0 Å². The fraction of sp³-hybridized carbons (Fsp3) is 0.286. The zero-order valence-electron chi connectivity index (χ0n) is 16.3. The predicted molar refractivity (Wildman–Crippen MR) is 106 cm³/mol. The molecular weight excluding hydrogens is 408 g/mol. The molecule has 156 valence electrons. The Morgan fingerprint density at radius 2 is 1.83 bits per heavy atom. The van der Waals surface area contributed by atoms with Gasteiger partial charge in [-0.1, -0.05) is 29.8 Å². The summed E-state index contributed by atoms with van der Waals surface area (Å²) in [6, 6.07) is 10.6. The SMILES string of the molecule is Cc1ccc(S(=O)(=O)OCc2ccc3c(c2)CN(C2CCC(=O)NC2=O)C3=O)cc1. The van der Waals surface area contributed by atoms with Gasteiger partial charge in [0.25, 0.3) is 16.0 Å². The first-order valence-electron chi connectivity index (χ1n) is 9.47. The van der Waals surface area contributed by atoms with Crippen molar-refractivity contribution in [2.75, 3.05) is 0 Å². The maximum Gasteiger partial charge on any atom is 0.297 e. The molecule has 2 aromatic carbocycles. The minimum atomic E-state index is -3.90. The first-order chi connectivity index (χ1) is 14.2. The van der Waals surface area contributed by atoms with Crippen molar-refractivity contribution in [2.45, 2.75) is 43.9 Å². The molecule has 1 N–H and O–H groups in total. The smallest absolute Gasteiger partial charge is 0.297 e. The summed E-state index contributed by atoms with van der Waals surface area (Å²) >= 11 is 0. The topological polar surface area (TPSA) is 110 Å². The van der Waals surface area contributed by atoms with Gasteiger partial charge in [-0.15, -0.1) is 0 Å². The molecular formula is C21H20N2O6S. The lowest BCUT2D eigenvalue weighted by Gasteiger charge is -2.29. The van der Waals surface area contributed by atoms with E-state index in [2.05, 4.69) is 5.32 Å². The number of hydrogen-bond donors (Lipinski definition) is 1. The Morgan fingerprint density at radius 1 is 1.10 bits per heavy atom. The second-order valence-corrected chi connectivity index (χ2v) is 9.04. The first-order valence-corrected chi connectivity index (χ1v) is 10.9. The van der Waals surface area contributed by atoms with Crippen LogP contribution < -0.4 is 5.32 Å². The zero-order chi connectivity index (χ0) is 21.5. The van der Waals surface area contributed by atoms with E-state index in [0.29, 0.717) is 16.7 Å². The highest BCUT2D eigenvalue weighted by molar-refractivity contribution is 7.86. The van der Waals surface area contributed by atoms with Gasteiger partial charge >= 0.3 is 0 Å². The molecule has 2 aliphatic rings. The quantitative estimate of drug-likeness (QED) is 0.573. The van der Waals surface area contributed by atoms with Crippen LogP contribution in [0.25, 0.3) is 0 Å². The zero-order valence-corrected chi connectivity index (χ0v) is 17.1. The third kappa shape index (κ3) is 3.86. The van der Waals surface area contributed by atoms with E-state index in [1.807, 2.05) is 6.92 Å². The second kappa shape index (κ2) is 7.66. The molecule has 9 heteroatoms. The molecule has 0 aromatic heterocycles. The largest absolute Gasteiger partial charge is 0.322 e. The van der Waals surface area contributed by atoms with E-state index >= 15 is 0 Å². The highest BCUT2D eigenvalue weighted by atomic mass is 32.2. The van der Waals surface area contributed by atoms with E-state index in [1.54, 1.807) is 30.3 Å². The van der Waals surface area contributed by atoms with Crippen molar-refractivity contribution in [2.24, 2.45) is 0 Å². The number of benzene rings is 2. The van der Waals surface area contributed by atoms with Gasteiger partial charge in [-0.3, -0.25) is 23.9 Å². The Labute approximate surface area is 174 Å². The normalized spacial score (nSPS) is 19.0. The average Bonchev–Trinajstić information content (AvgIpc) is 3.03. The summed E-state index contributed by atoms with van der Waals surface area (Å²) < 4.78 is 29.9. The summed E-state index contributed by atoms with van der Waals surface area (Å²) in [6.07, 6.45) is 0.474. The number of carbonyl (C=O) groups is 3. The fourth-order valence-corrected chi connectivity index (χ4v) is 4.53. The molecule has 0 aliphatic carbocycles. The summed E-state index contributed by atoms with van der Waals surface area (Å²) in [5.41, 5.74) is 2.70. The van der Waals surface area contributed by atoms with Crippen LogP contribution in [0.15, 0.2) is 47.4 Å². The molecule has 2 aliphatic heterocycles. The molecule has 2 aromatic rings. The lowest BCUT2D eigenvalue weighted by molar-refractivity contribution is -0.136. The van der Waals surface area contributed by atoms with Crippen LogP contribution in [0.4, 0.5) is 0 Å². The van der Waals surface area contributed by atoms with Crippen molar-refractivity contribution in [1.29, 1.82) is 0 Å². The Kier molecular flexibility index (Phi) is 5.17. The van der Waals surface area contributed by atoms with E-state index < -0.39 is 22.1 Å². The van der Waals surface area contributed by atoms with Crippen LogP contribution in [0.1, 0.15) is 39.9 Å². The molecule has 8 nitrogen and oxygen atoms in total. The van der Waals surface area contributed by atoms with Crippen molar-refractivity contribution < 1.29 is 27.0 Å². The third-order valence-corrected chi connectivity index (χ3v) is 6.56. The van der Waals surface area contributed by atoms with Crippen LogP contribution in [0, 0.1) is 6.92 Å². The van der Waals surface area contributed by atoms with Crippen LogP contribution in [0.3, 0.4) is 0 Å². The van der Waals surface area contributed by atoms with Crippen molar-refractivity contribution in [1.82, 2.24) is 10.2 Å². The molecule has 1 fully saturated rings. The molecule has 0 saturated carbocycles. The molecule has 1 atom stereocenters. The number of aryl methyl sites for hydroxylation is 1. The Bertz CT molecular complexity index is 1140. The van der Waals surface area contributed by atoms with E-state index in [-0.39, 0.29) is 42.7 Å². The van der Waals surface area contributed by atoms with E-state index in [4.69, 9.17) is 4.18 Å². The Hall–Kier alpha value is -3.04. The average molecular weight is 428 g/mol. The summed E-state index contributed by atoms with van der Waals surface area (Å²) in [6.45, 7) is 1.91. The Morgan fingerprint density at radius 3 is 2.53 bits per heavy atom. The van der Waals surface area contributed by atoms with E-state index in [0.717, 1.165) is 5.56 Å². The standard InChI is InChI=1S/C21H20N2O6S/c1-13-2-5-16(6-3-13)30(27,28)29-12-14-4-7-17-15(10-14)11-23(21(17)26)18-8-9-19(24)22-20(18)25/h2-7,10,18H,8-9,11-12H2,1H3,(H,22,24,25). The third-order valence-electron chi connectivity index (χ3n) is 5.28. The highest BCUT2D eigenvalue weighted by Crippen LogP contribution is 2.28. The number of nitrogens with zero attached hydrogens (tertiary/aromatic N) is 1. The number of fused-ring (bicyclic) bond motifs is 1. The van der Waals surface area contributed by atoms with Crippen molar-refractivity contribution in [3.8, 4) is 0 Å². The van der Waals surface area contributed by atoms with Crippen molar-refractivity contribution in [3.63, 3.8) is 0 Å². The van der Waals surface area contributed by atoms with Crippen LogP contribution >= 0.6 is 0 Å². The van der Waals surface area contributed by atoms with Gasteiger partial charge in [-0.05, 0) is 42.7 Å². The Balaban J connectivity index is 1.47.